The van der Waals surface area contributed by atoms with Crippen LogP contribution in [0.1, 0.15) is 27.3 Å². The first kappa shape index (κ1) is 16.5. The van der Waals surface area contributed by atoms with Gasteiger partial charge in [0.05, 0.1) is 0 Å². The van der Waals surface area contributed by atoms with E-state index in [0.717, 1.165) is 23.8 Å². The van der Waals surface area contributed by atoms with E-state index < -0.39 is 23.5 Å². The van der Waals surface area contributed by atoms with E-state index in [1.54, 1.807) is 24.3 Å². The van der Waals surface area contributed by atoms with Crippen LogP contribution in [0.5, 0.6) is 0 Å². The molecule has 8 heteroatoms. The summed E-state index contributed by atoms with van der Waals surface area (Å²) < 4.78 is 37.6. The Labute approximate surface area is 129 Å². The number of amidine groups is 1. The van der Waals surface area contributed by atoms with Crippen LogP contribution < -0.4 is 5.73 Å². The van der Waals surface area contributed by atoms with Gasteiger partial charge in [0.1, 0.15) is 5.69 Å². The molecular weight excluding hydrogens is 311 g/mol. The maximum atomic E-state index is 12.5. The lowest BCUT2D eigenvalue weighted by Gasteiger charge is -2.06. The highest BCUT2D eigenvalue weighted by Gasteiger charge is 2.33. The lowest BCUT2D eigenvalue weighted by molar-refractivity contribution is -0.141. The second-order valence-corrected chi connectivity index (χ2v) is 4.63. The van der Waals surface area contributed by atoms with Gasteiger partial charge >= 0.3 is 12.1 Å². The number of pyridine rings is 1. The number of carbonyl (C=O) groups excluding carboxylic acids is 1. The lowest BCUT2D eigenvalue weighted by atomic mass is 10.1. The Hall–Kier alpha value is -2.90. The van der Waals surface area contributed by atoms with Crippen LogP contribution in [0.2, 0.25) is 0 Å². The fourth-order valence-electron chi connectivity index (χ4n) is 1.62. The molecule has 120 valence electrons. The summed E-state index contributed by atoms with van der Waals surface area (Å²) >= 11 is 0. The molecule has 0 saturated heterocycles. The largest absolute Gasteiger partial charge is 0.433 e. The molecule has 0 aliphatic heterocycles. The summed E-state index contributed by atoms with van der Waals surface area (Å²) in [5, 5.41) is 3.42. The summed E-state index contributed by atoms with van der Waals surface area (Å²) in [5.41, 5.74) is 5.46. The van der Waals surface area contributed by atoms with Crippen molar-refractivity contribution in [3.05, 3.63) is 65.0 Å². The van der Waals surface area contributed by atoms with Crippen LogP contribution in [0.4, 0.5) is 13.2 Å². The maximum absolute atomic E-state index is 12.5. The Morgan fingerprint density at radius 3 is 2.43 bits per heavy atom. The van der Waals surface area contributed by atoms with Crippen LogP contribution in [0.15, 0.2) is 47.6 Å². The lowest BCUT2D eigenvalue weighted by Crippen LogP contribution is -2.16. The van der Waals surface area contributed by atoms with E-state index in [-0.39, 0.29) is 5.84 Å². The normalized spacial score (nSPS) is 12.1. The number of aromatic nitrogens is 1. The number of nitrogens with two attached hydrogens (primary N) is 1. The molecule has 1 aromatic heterocycles. The van der Waals surface area contributed by atoms with Crippen LogP contribution >= 0.6 is 0 Å². The van der Waals surface area contributed by atoms with E-state index in [1.807, 2.05) is 6.92 Å². The molecule has 0 radical (unpaired) electrons. The predicted molar refractivity (Wildman–Crippen MR) is 76.6 cm³/mol. The van der Waals surface area contributed by atoms with E-state index in [9.17, 15) is 18.0 Å². The van der Waals surface area contributed by atoms with Gasteiger partial charge in [-0.05, 0) is 19.1 Å². The van der Waals surface area contributed by atoms with E-state index >= 15 is 0 Å². The molecule has 0 amide bonds. The molecule has 0 spiro atoms. The van der Waals surface area contributed by atoms with Crippen molar-refractivity contribution in [3.8, 4) is 0 Å². The molecule has 1 heterocycles. The summed E-state index contributed by atoms with van der Waals surface area (Å²) in [6.45, 7) is 1.89. The zero-order chi connectivity index (χ0) is 17.0. The second kappa shape index (κ2) is 6.47. The van der Waals surface area contributed by atoms with Crippen LogP contribution in [0, 0.1) is 6.92 Å². The van der Waals surface area contributed by atoms with E-state index in [2.05, 4.69) is 15.0 Å². The number of halogens is 3. The van der Waals surface area contributed by atoms with Crippen molar-refractivity contribution in [2.45, 2.75) is 13.1 Å². The van der Waals surface area contributed by atoms with Gasteiger partial charge in [0.25, 0.3) is 0 Å². The molecule has 1 aromatic carbocycles. The van der Waals surface area contributed by atoms with Crippen molar-refractivity contribution in [3.63, 3.8) is 0 Å². The van der Waals surface area contributed by atoms with E-state index in [4.69, 9.17) is 5.73 Å². The van der Waals surface area contributed by atoms with Crippen LogP contribution in [-0.4, -0.2) is 16.8 Å². The first-order valence-electron chi connectivity index (χ1n) is 6.43. The third-order valence-corrected chi connectivity index (χ3v) is 2.82. The molecule has 0 saturated carbocycles. The summed E-state index contributed by atoms with van der Waals surface area (Å²) in [4.78, 5) is 19.4. The first-order valence-corrected chi connectivity index (χ1v) is 6.43. The fraction of sp³-hybridized carbons (Fsp3) is 0.133. The van der Waals surface area contributed by atoms with Crippen molar-refractivity contribution < 1.29 is 22.8 Å². The Kier molecular flexibility index (Phi) is 4.63. The maximum Gasteiger partial charge on any atom is 0.433 e. The Balaban J connectivity index is 2.13. The Morgan fingerprint density at radius 2 is 1.83 bits per heavy atom. The molecule has 2 aromatic rings. The second-order valence-electron chi connectivity index (χ2n) is 4.63. The number of aryl methyl sites for hydroxylation is 1. The minimum Gasteiger partial charge on any atom is -0.380 e. The number of rotatable bonds is 3. The summed E-state index contributed by atoms with van der Waals surface area (Å²) in [5.74, 6) is -1.21. The molecule has 2 rings (SSSR count). The van der Waals surface area contributed by atoms with E-state index in [0.29, 0.717) is 5.56 Å². The monoisotopic (exact) mass is 323 g/mol. The molecule has 0 bridgehead atoms. The SMILES string of the molecule is Cc1ccc(/C(N)=N\OC(=O)c2cccc(C(F)(F)F)n2)cc1. The minimum atomic E-state index is -4.65. The molecule has 5 nitrogen and oxygen atoms in total. The van der Waals surface area contributed by atoms with Crippen LogP contribution in [0.25, 0.3) is 0 Å². The Bertz CT molecular complexity index is 740. The molecular formula is C15H12F3N3O2. The Morgan fingerprint density at radius 1 is 1.17 bits per heavy atom. The molecule has 0 aliphatic carbocycles. The smallest absolute Gasteiger partial charge is 0.380 e. The van der Waals surface area contributed by atoms with Gasteiger partial charge in [0.2, 0.25) is 0 Å². The van der Waals surface area contributed by atoms with Crippen LogP contribution in [0.3, 0.4) is 0 Å². The number of hydrogen-bond acceptors (Lipinski definition) is 4. The van der Waals surface area contributed by atoms with Gasteiger partial charge in [0, 0.05) is 5.56 Å². The van der Waals surface area contributed by atoms with Crippen molar-refractivity contribution in [2.24, 2.45) is 10.9 Å². The summed E-state index contributed by atoms with van der Waals surface area (Å²) in [6, 6.07) is 9.81. The molecule has 0 atom stereocenters. The standard InChI is InChI=1S/C15H12F3N3O2/c1-9-5-7-10(8-6-9)13(19)21-23-14(22)11-3-2-4-12(20-11)15(16,17)18/h2-8H,1H3,(H2,19,21). The van der Waals surface area contributed by atoms with E-state index in [1.165, 1.54) is 0 Å². The third kappa shape index (κ3) is 4.29. The van der Waals surface area contributed by atoms with Gasteiger partial charge in [-0.3, -0.25) is 0 Å². The zero-order valence-electron chi connectivity index (χ0n) is 12.0. The van der Waals surface area contributed by atoms with Gasteiger partial charge in [0.15, 0.2) is 11.5 Å². The molecule has 0 fully saturated rings. The number of nitrogens with zero attached hydrogens (tertiary/aromatic N) is 2. The number of alkyl halides is 3. The molecule has 2 N–H and O–H groups in total. The first-order chi connectivity index (χ1) is 10.8. The van der Waals surface area contributed by atoms with Crippen molar-refractivity contribution in [2.75, 3.05) is 0 Å². The minimum absolute atomic E-state index is 0.0784. The van der Waals surface area contributed by atoms with Crippen molar-refractivity contribution in [1.82, 2.24) is 4.98 Å². The van der Waals surface area contributed by atoms with Gasteiger partial charge in [-0.2, -0.15) is 13.2 Å². The predicted octanol–water partition coefficient (Wildman–Crippen LogP) is 2.89. The third-order valence-electron chi connectivity index (χ3n) is 2.82. The number of hydrogen-bond donors (Lipinski definition) is 1. The van der Waals surface area contributed by atoms with Gasteiger partial charge in [-0.25, -0.2) is 9.78 Å². The highest BCUT2D eigenvalue weighted by molar-refractivity contribution is 5.98. The number of oxime groups is 1. The summed E-state index contributed by atoms with van der Waals surface area (Å²) in [7, 11) is 0. The number of benzene rings is 1. The van der Waals surface area contributed by atoms with Crippen molar-refractivity contribution in [1.29, 1.82) is 0 Å². The number of carbonyl (C=O) groups is 1. The van der Waals surface area contributed by atoms with Gasteiger partial charge in [-0.15, -0.1) is 0 Å². The van der Waals surface area contributed by atoms with Crippen LogP contribution in [-0.2, 0) is 11.0 Å². The molecule has 0 unspecified atom stereocenters. The van der Waals surface area contributed by atoms with Gasteiger partial charge in [-0.1, -0.05) is 41.1 Å². The van der Waals surface area contributed by atoms with Gasteiger partial charge < -0.3 is 10.6 Å². The summed E-state index contributed by atoms with van der Waals surface area (Å²) in [6.07, 6.45) is -4.65. The molecule has 0 aliphatic rings. The topological polar surface area (TPSA) is 77.6 Å². The highest BCUT2D eigenvalue weighted by Crippen LogP contribution is 2.27. The highest BCUT2D eigenvalue weighted by atomic mass is 19.4. The molecule has 23 heavy (non-hydrogen) atoms. The van der Waals surface area contributed by atoms with Crippen molar-refractivity contribution >= 4 is 11.8 Å². The fourth-order valence-corrected chi connectivity index (χ4v) is 1.62. The quantitative estimate of drug-likeness (QED) is 0.408. The zero-order valence-corrected chi connectivity index (χ0v) is 12.0. The average molecular weight is 323 g/mol. The average Bonchev–Trinajstić information content (AvgIpc) is 2.52.